The molecule has 5 aromatic rings. The molecule has 0 radical (unpaired) electrons. The fraction of sp³-hybridized carbons (Fsp3) is 0.114. The van der Waals surface area contributed by atoms with E-state index in [-0.39, 0.29) is 68.9 Å². The first-order valence-corrected chi connectivity index (χ1v) is 18.0. The summed E-state index contributed by atoms with van der Waals surface area (Å²) in [4.78, 5) is 76.3. The Morgan fingerprint density at radius 1 is 0.650 bits per heavy atom. The molecule has 0 aliphatic heterocycles. The zero-order valence-corrected chi connectivity index (χ0v) is 32.4. The van der Waals surface area contributed by atoms with E-state index < -0.39 is 35.6 Å². The smallest absolute Gasteiger partial charge is 0.335 e. The molecule has 0 saturated carbocycles. The van der Waals surface area contributed by atoms with Crippen molar-refractivity contribution in [2.24, 2.45) is 0 Å². The summed E-state index contributed by atoms with van der Waals surface area (Å²) in [5, 5.41) is 41.4. The number of phenolic OH excluding ortho intramolecular Hbond substituents is 1. The maximum Gasteiger partial charge on any atom is 0.335 e. The highest BCUT2D eigenvalue weighted by Gasteiger charge is 2.22. The fourth-order valence-corrected chi connectivity index (χ4v) is 5.55. The number of methoxy groups -OCH3 is 2. The molecule has 1 unspecified atom stereocenters. The van der Waals surface area contributed by atoms with E-state index in [9.17, 15) is 44.2 Å². The second-order valence-corrected chi connectivity index (χ2v) is 12.9. The van der Waals surface area contributed by atoms with Crippen molar-refractivity contribution >= 4 is 64.3 Å². The van der Waals surface area contributed by atoms with Gasteiger partial charge in [-0.05, 0) is 116 Å². The SMILES string of the molecule is COc1cc(C(=O)O)ccc1NC(=O)c1ccc(NC(=O)c2ccc(NC(=O)C(CC#N)NC(=O)c3ccc(NC(=O)/C(C)=C/c4ccc(O)cc4)cc3)cc2)c(OC)c1. The predicted molar refractivity (Wildman–Crippen MR) is 222 cm³/mol. The second-order valence-electron chi connectivity index (χ2n) is 12.9. The molecule has 16 nitrogen and oxygen atoms in total. The van der Waals surface area contributed by atoms with Crippen LogP contribution in [0.15, 0.2) is 115 Å². The Labute approximate surface area is 343 Å². The lowest BCUT2D eigenvalue weighted by atomic mass is 10.1. The van der Waals surface area contributed by atoms with Crippen LogP contribution < -0.4 is 36.1 Å². The molecule has 1 atom stereocenters. The average Bonchev–Trinajstić information content (AvgIpc) is 3.24. The van der Waals surface area contributed by atoms with Gasteiger partial charge >= 0.3 is 5.97 Å². The number of hydrogen-bond donors (Lipinski definition) is 7. The Bertz CT molecular complexity index is 2510. The Kier molecular flexibility index (Phi) is 14.0. The number of carbonyl (C=O) groups excluding carboxylic acids is 5. The van der Waals surface area contributed by atoms with Crippen LogP contribution in [0.25, 0.3) is 6.08 Å². The van der Waals surface area contributed by atoms with E-state index in [2.05, 4.69) is 26.6 Å². The molecule has 0 heterocycles. The van der Waals surface area contributed by atoms with Gasteiger partial charge in [0.25, 0.3) is 23.6 Å². The molecule has 0 aromatic heterocycles. The molecular weight excluding hydrogens is 773 g/mol. The maximum absolute atomic E-state index is 13.1. The van der Waals surface area contributed by atoms with Crippen LogP contribution in [0.4, 0.5) is 22.7 Å². The summed E-state index contributed by atoms with van der Waals surface area (Å²) in [6.07, 6.45) is 1.32. The summed E-state index contributed by atoms with van der Waals surface area (Å²) < 4.78 is 10.6. The molecule has 0 aliphatic carbocycles. The fourth-order valence-electron chi connectivity index (χ4n) is 5.55. The van der Waals surface area contributed by atoms with E-state index in [0.29, 0.717) is 11.3 Å². The summed E-state index contributed by atoms with van der Waals surface area (Å²) >= 11 is 0. The molecule has 304 valence electrons. The van der Waals surface area contributed by atoms with Gasteiger partial charge < -0.3 is 46.3 Å². The zero-order valence-electron chi connectivity index (χ0n) is 32.4. The van der Waals surface area contributed by atoms with Gasteiger partial charge in [0, 0.05) is 33.6 Å². The van der Waals surface area contributed by atoms with Crippen LogP contribution in [0.2, 0.25) is 0 Å². The molecule has 0 spiro atoms. The number of nitrogens with zero attached hydrogens (tertiary/aromatic N) is 1. The lowest BCUT2D eigenvalue weighted by Gasteiger charge is -2.16. The van der Waals surface area contributed by atoms with Crippen molar-refractivity contribution in [1.82, 2.24) is 5.32 Å². The van der Waals surface area contributed by atoms with Crippen LogP contribution >= 0.6 is 0 Å². The van der Waals surface area contributed by atoms with Gasteiger partial charge in [0.05, 0.1) is 43.6 Å². The molecule has 0 saturated heterocycles. The normalized spacial score (nSPS) is 11.2. The minimum absolute atomic E-state index is 0.0182. The summed E-state index contributed by atoms with van der Waals surface area (Å²) in [5.74, 6) is -3.49. The van der Waals surface area contributed by atoms with Crippen molar-refractivity contribution in [3.05, 3.63) is 143 Å². The van der Waals surface area contributed by atoms with Gasteiger partial charge in [-0.25, -0.2) is 4.79 Å². The number of benzene rings is 5. The van der Waals surface area contributed by atoms with Gasteiger partial charge in [0.15, 0.2) is 0 Å². The zero-order chi connectivity index (χ0) is 43.3. The second kappa shape index (κ2) is 19.6. The third kappa shape index (κ3) is 11.1. The largest absolute Gasteiger partial charge is 0.508 e. The number of phenols is 1. The van der Waals surface area contributed by atoms with Gasteiger partial charge in [0.2, 0.25) is 5.91 Å². The number of ether oxygens (including phenoxy) is 2. The van der Waals surface area contributed by atoms with Crippen molar-refractivity contribution in [2.75, 3.05) is 35.5 Å². The topological polar surface area (TPSA) is 245 Å². The molecule has 0 aliphatic rings. The number of nitrogens with one attached hydrogen (secondary N) is 5. The Balaban J connectivity index is 1.15. The number of hydrogen-bond acceptors (Lipinski definition) is 10. The number of nitriles is 1. The van der Waals surface area contributed by atoms with Gasteiger partial charge in [-0.2, -0.15) is 5.26 Å². The summed E-state index contributed by atoms with van der Waals surface area (Å²) in [6, 6.07) is 27.2. The molecule has 60 heavy (non-hydrogen) atoms. The Morgan fingerprint density at radius 2 is 1.13 bits per heavy atom. The first-order valence-electron chi connectivity index (χ1n) is 18.0. The van der Waals surface area contributed by atoms with Crippen LogP contribution in [0.3, 0.4) is 0 Å². The van der Waals surface area contributed by atoms with Crippen LogP contribution in [0.1, 0.15) is 60.3 Å². The van der Waals surface area contributed by atoms with Gasteiger partial charge in [-0.3, -0.25) is 24.0 Å². The van der Waals surface area contributed by atoms with E-state index in [0.717, 1.165) is 5.56 Å². The highest BCUT2D eigenvalue weighted by molar-refractivity contribution is 6.09. The maximum atomic E-state index is 13.1. The molecule has 5 amide bonds. The highest BCUT2D eigenvalue weighted by atomic mass is 16.5. The Hall–Kier alpha value is -8.45. The van der Waals surface area contributed by atoms with Crippen molar-refractivity contribution in [2.45, 2.75) is 19.4 Å². The molecule has 0 fully saturated rings. The quantitative estimate of drug-likeness (QED) is 0.0578. The van der Waals surface area contributed by atoms with Gasteiger partial charge in [-0.1, -0.05) is 12.1 Å². The van der Waals surface area contributed by atoms with Crippen LogP contribution in [0, 0.1) is 11.3 Å². The first kappa shape index (κ1) is 42.7. The van der Waals surface area contributed by atoms with Gasteiger partial charge in [0.1, 0.15) is 23.3 Å². The molecule has 5 aromatic carbocycles. The van der Waals surface area contributed by atoms with E-state index in [1.165, 1.54) is 111 Å². The minimum Gasteiger partial charge on any atom is -0.508 e. The third-order valence-electron chi connectivity index (χ3n) is 8.78. The number of carbonyl (C=O) groups is 6. The van der Waals surface area contributed by atoms with Crippen LogP contribution in [-0.2, 0) is 9.59 Å². The van der Waals surface area contributed by atoms with Crippen LogP contribution in [-0.4, -0.2) is 66.0 Å². The number of rotatable bonds is 15. The number of aromatic carboxylic acids is 1. The third-order valence-corrected chi connectivity index (χ3v) is 8.78. The van der Waals surface area contributed by atoms with E-state index in [1.54, 1.807) is 25.1 Å². The van der Waals surface area contributed by atoms with E-state index in [1.807, 2.05) is 6.07 Å². The molecular formula is C44H38N6O10. The van der Waals surface area contributed by atoms with Crippen molar-refractivity contribution in [3.63, 3.8) is 0 Å². The number of aromatic hydroxyl groups is 1. The number of anilines is 4. The summed E-state index contributed by atoms with van der Waals surface area (Å²) in [5.41, 5.74) is 2.87. The van der Waals surface area contributed by atoms with Crippen molar-refractivity contribution in [3.8, 4) is 23.3 Å². The molecule has 7 N–H and O–H groups in total. The van der Waals surface area contributed by atoms with E-state index in [4.69, 9.17) is 9.47 Å². The highest BCUT2D eigenvalue weighted by Crippen LogP contribution is 2.29. The van der Waals surface area contributed by atoms with Gasteiger partial charge in [-0.15, -0.1) is 0 Å². The lowest BCUT2D eigenvalue weighted by molar-refractivity contribution is -0.118. The molecule has 5 rings (SSSR count). The lowest BCUT2D eigenvalue weighted by Crippen LogP contribution is -2.43. The van der Waals surface area contributed by atoms with Crippen molar-refractivity contribution < 1.29 is 48.5 Å². The number of carboxylic acid groups (broad SMARTS) is 1. The first-order chi connectivity index (χ1) is 28.8. The van der Waals surface area contributed by atoms with E-state index >= 15 is 0 Å². The minimum atomic E-state index is -1.23. The number of carboxylic acids is 1. The molecule has 16 heteroatoms. The standard InChI is InChI=1S/C44H38N6O10/c1-25(22-26-4-16-33(51)17-5-26)39(52)46-31-12-6-28(7-13-31)41(54)50-36(20-21-45)43(56)47-32-14-8-27(9-15-32)40(53)48-34-18-10-29(23-37(34)59-2)42(55)49-35-19-11-30(44(57)58)24-38(35)60-3/h4-19,22-24,36,51H,20H2,1-3H3,(H,46,52)(H,47,56)(H,48,53)(H,49,55)(H,50,54)(H,57,58)/b25-22+. The van der Waals surface area contributed by atoms with Crippen LogP contribution in [0.5, 0.6) is 17.2 Å². The summed E-state index contributed by atoms with van der Waals surface area (Å²) in [7, 11) is 2.70. The average molecular weight is 811 g/mol. The Morgan fingerprint density at radius 3 is 1.67 bits per heavy atom. The summed E-state index contributed by atoms with van der Waals surface area (Å²) in [6.45, 7) is 1.63. The predicted octanol–water partition coefficient (Wildman–Crippen LogP) is 6.30. The monoisotopic (exact) mass is 810 g/mol. The molecule has 0 bridgehead atoms. The number of amides is 5. The van der Waals surface area contributed by atoms with Crippen molar-refractivity contribution in [1.29, 1.82) is 5.26 Å².